The van der Waals surface area contributed by atoms with Crippen LogP contribution in [0, 0.1) is 0 Å². The van der Waals surface area contributed by atoms with E-state index in [1.54, 1.807) is 0 Å². The monoisotopic (exact) mass is 719 g/mol. The summed E-state index contributed by atoms with van der Waals surface area (Å²) in [6, 6.07) is 0. The zero-order valence-corrected chi connectivity index (χ0v) is 33.9. The molecule has 0 rings (SSSR count). The number of hydrogen-bond donors (Lipinski definition) is 0. The van der Waals surface area contributed by atoms with Gasteiger partial charge in [0, 0.05) is 19.3 Å². The summed E-state index contributed by atoms with van der Waals surface area (Å²) in [5.74, 6) is -0.893. The van der Waals surface area contributed by atoms with Crippen molar-refractivity contribution in [2.75, 3.05) is 13.2 Å². The Bertz CT molecular complexity index is 835. The van der Waals surface area contributed by atoms with Crippen LogP contribution in [0.1, 0.15) is 226 Å². The number of ether oxygens (including phenoxy) is 3. The Hall–Kier alpha value is -2.11. The maximum absolute atomic E-state index is 12.6. The summed E-state index contributed by atoms with van der Waals surface area (Å²) in [5.41, 5.74) is 0. The molecule has 0 amide bonds. The van der Waals surface area contributed by atoms with Gasteiger partial charge >= 0.3 is 17.9 Å². The minimum Gasteiger partial charge on any atom is -0.462 e. The number of carbonyl (C=O) groups is 3. The number of allylic oxidation sites excluding steroid dienone is 4. The highest BCUT2D eigenvalue weighted by Crippen LogP contribution is 2.14. The van der Waals surface area contributed by atoms with Gasteiger partial charge in [-0.15, -0.1) is 0 Å². The number of carbonyl (C=O) groups excluding carboxylic acids is 3. The van der Waals surface area contributed by atoms with Crippen LogP contribution in [-0.2, 0) is 28.6 Å². The Morgan fingerprint density at radius 1 is 0.392 bits per heavy atom. The van der Waals surface area contributed by atoms with Crippen LogP contribution in [0.4, 0.5) is 0 Å². The van der Waals surface area contributed by atoms with E-state index in [0.29, 0.717) is 19.3 Å². The van der Waals surface area contributed by atoms with E-state index in [1.165, 1.54) is 109 Å². The normalized spacial score (nSPS) is 12.1. The molecule has 0 N–H and O–H groups in total. The highest BCUT2D eigenvalue weighted by molar-refractivity contribution is 5.71. The molecule has 0 aliphatic rings. The summed E-state index contributed by atoms with van der Waals surface area (Å²) in [7, 11) is 0. The second-order valence-corrected chi connectivity index (χ2v) is 14.6. The van der Waals surface area contributed by atoms with Gasteiger partial charge in [0.05, 0.1) is 0 Å². The molecule has 1 atom stereocenters. The Morgan fingerprint density at radius 2 is 0.706 bits per heavy atom. The van der Waals surface area contributed by atoms with Crippen LogP contribution in [0.25, 0.3) is 0 Å². The van der Waals surface area contributed by atoms with Crippen molar-refractivity contribution in [3.05, 3.63) is 24.3 Å². The van der Waals surface area contributed by atoms with Crippen molar-refractivity contribution < 1.29 is 28.6 Å². The van der Waals surface area contributed by atoms with Crippen molar-refractivity contribution in [3.63, 3.8) is 0 Å². The third kappa shape index (κ3) is 38.9. The average molecular weight is 719 g/mol. The largest absolute Gasteiger partial charge is 0.462 e. The molecular formula is C45H82O6. The fraction of sp³-hybridized carbons (Fsp3) is 0.844. The lowest BCUT2D eigenvalue weighted by atomic mass is 10.1. The lowest BCUT2D eigenvalue weighted by Crippen LogP contribution is -2.30. The molecule has 0 radical (unpaired) electrons. The molecule has 6 nitrogen and oxygen atoms in total. The zero-order chi connectivity index (χ0) is 37.3. The molecule has 0 saturated heterocycles. The van der Waals surface area contributed by atoms with E-state index in [4.69, 9.17) is 14.2 Å². The molecule has 0 fully saturated rings. The van der Waals surface area contributed by atoms with Crippen LogP contribution in [0.2, 0.25) is 0 Å². The van der Waals surface area contributed by atoms with Gasteiger partial charge in [-0.2, -0.15) is 0 Å². The summed E-state index contributed by atoms with van der Waals surface area (Å²) in [6.07, 6.45) is 43.3. The van der Waals surface area contributed by atoms with E-state index in [-0.39, 0.29) is 31.1 Å². The van der Waals surface area contributed by atoms with Gasteiger partial charge in [-0.3, -0.25) is 14.4 Å². The summed E-state index contributed by atoms with van der Waals surface area (Å²) in [5, 5.41) is 0. The van der Waals surface area contributed by atoms with Crippen LogP contribution in [0.15, 0.2) is 24.3 Å². The Labute approximate surface area is 315 Å². The molecule has 51 heavy (non-hydrogen) atoms. The quantitative estimate of drug-likeness (QED) is 0.0272. The number of unbranched alkanes of at least 4 members (excludes halogenated alkanes) is 24. The Kier molecular flexibility index (Phi) is 39.0. The molecule has 0 aromatic heterocycles. The van der Waals surface area contributed by atoms with E-state index in [0.717, 1.165) is 77.0 Å². The van der Waals surface area contributed by atoms with E-state index in [9.17, 15) is 14.4 Å². The predicted molar refractivity (Wildman–Crippen MR) is 215 cm³/mol. The summed E-state index contributed by atoms with van der Waals surface area (Å²) in [6.45, 7) is 6.51. The minimum absolute atomic E-state index is 0.0725. The molecular weight excluding hydrogens is 636 g/mol. The average Bonchev–Trinajstić information content (AvgIpc) is 3.12. The van der Waals surface area contributed by atoms with Gasteiger partial charge in [-0.1, -0.05) is 180 Å². The van der Waals surface area contributed by atoms with Gasteiger partial charge in [0.2, 0.25) is 0 Å². The van der Waals surface area contributed by atoms with Crippen LogP contribution < -0.4 is 0 Å². The van der Waals surface area contributed by atoms with Crippen molar-refractivity contribution in [2.24, 2.45) is 0 Å². The summed E-state index contributed by atoms with van der Waals surface area (Å²) >= 11 is 0. The second-order valence-electron chi connectivity index (χ2n) is 14.6. The molecule has 0 aromatic rings. The lowest BCUT2D eigenvalue weighted by Gasteiger charge is -2.18. The van der Waals surface area contributed by atoms with Crippen molar-refractivity contribution in [1.82, 2.24) is 0 Å². The first-order valence-corrected chi connectivity index (χ1v) is 21.8. The number of rotatable bonds is 39. The number of esters is 3. The molecule has 298 valence electrons. The molecule has 0 saturated carbocycles. The molecule has 0 aromatic carbocycles. The summed E-state index contributed by atoms with van der Waals surface area (Å²) in [4.78, 5) is 37.3. The zero-order valence-electron chi connectivity index (χ0n) is 33.9. The van der Waals surface area contributed by atoms with Crippen LogP contribution >= 0.6 is 0 Å². The van der Waals surface area contributed by atoms with Gasteiger partial charge in [-0.05, 0) is 51.4 Å². The van der Waals surface area contributed by atoms with Crippen molar-refractivity contribution in [1.29, 1.82) is 0 Å². The molecule has 0 heterocycles. The molecule has 0 spiro atoms. The van der Waals surface area contributed by atoms with Gasteiger partial charge in [0.15, 0.2) is 6.10 Å². The second kappa shape index (κ2) is 40.7. The fourth-order valence-electron chi connectivity index (χ4n) is 6.12. The van der Waals surface area contributed by atoms with Gasteiger partial charge in [-0.25, -0.2) is 0 Å². The molecule has 0 bridgehead atoms. The molecule has 0 aliphatic carbocycles. The van der Waals surface area contributed by atoms with Gasteiger partial charge < -0.3 is 14.2 Å². The molecule has 0 aliphatic heterocycles. The topological polar surface area (TPSA) is 78.9 Å². The maximum atomic E-state index is 12.6. The Morgan fingerprint density at radius 3 is 1.10 bits per heavy atom. The van der Waals surface area contributed by atoms with Gasteiger partial charge in [0.25, 0.3) is 0 Å². The Balaban J connectivity index is 4.18. The van der Waals surface area contributed by atoms with Crippen LogP contribution in [0.5, 0.6) is 0 Å². The third-order valence-electron chi connectivity index (χ3n) is 9.46. The minimum atomic E-state index is -0.764. The van der Waals surface area contributed by atoms with Crippen LogP contribution in [-0.4, -0.2) is 37.2 Å². The molecule has 1 unspecified atom stereocenters. The van der Waals surface area contributed by atoms with E-state index in [1.807, 2.05) is 0 Å². The van der Waals surface area contributed by atoms with Crippen molar-refractivity contribution >= 4 is 17.9 Å². The first-order chi connectivity index (χ1) is 25.0. The van der Waals surface area contributed by atoms with Crippen molar-refractivity contribution in [3.8, 4) is 0 Å². The SMILES string of the molecule is CCCCCC/C=C\C/C=C\CCCCCCCCCC(=O)OCC(COC(=O)CCCCCCC)OC(=O)CCCCCCCCCCCC. The fourth-order valence-corrected chi connectivity index (χ4v) is 6.12. The van der Waals surface area contributed by atoms with Gasteiger partial charge in [0.1, 0.15) is 13.2 Å². The van der Waals surface area contributed by atoms with E-state index >= 15 is 0 Å². The highest BCUT2D eigenvalue weighted by Gasteiger charge is 2.19. The van der Waals surface area contributed by atoms with Crippen molar-refractivity contribution in [2.45, 2.75) is 232 Å². The van der Waals surface area contributed by atoms with E-state index in [2.05, 4.69) is 45.1 Å². The van der Waals surface area contributed by atoms with Crippen LogP contribution in [0.3, 0.4) is 0 Å². The predicted octanol–water partition coefficient (Wildman–Crippen LogP) is 13.6. The third-order valence-corrected chi connectivity index (χ3v) is 9.46. The molecule has 6 heteroatoms. The van der Waals surface area contributed by atoms with E-state index < -0.39 is 6.10 Å². The first kappa shape index (κ1) is 48.9. The number of hydrogen-bond acceptors (Lipinski definition) is 6. The lowest BCUT2D eigenvalue weighted by molar-refractivity contribution is -0.167. The summed E-state index contributed by atoms with van der Waals surface area (Å²) < 4.78 is 16.6. The smallest absolute Gasteiger partial charge is 0.306 e. The first-order valence-electron chi connectivity index (χ1n) is 21.8. The maximum Gasteiger partial charge on any atom is 0.306 e. The highest BCUT2D eigenvalue weighted by atomic mass is 16.6. The standard InChI is InChI=1S/C45H82O6/c1-4-7-10-13-15-17-19-20-21-22-23-24-25-26-28-29-32-35-38-44(47)50-41-42(40-49-43(46)37-34-31-12-9-6-3)51-45(48)39-36-33-30-27-18-16-14-11-8-5-2/h17,19,21-22,42H,4-16,18,20,23-41H2,1-3H3/b19-17-,22-21-.